The first-order valence-corrected chi connectivity index (χ1v) is 10.9. The van der Waals surface area contributed by atoms with E-state index in [1.807, 2.05) is 37.3 Å². The molecule has 1 amide bonds. The Morgan fingerprint density at radius 3 is 2.76 bits per heavy atom. The van der Waals surface area contributed by atoms with Crippen molar-refractivity contribution in [3.8, 4) is 11.3 Å². The molecule has 0 aliphatic carbocycles. The highest BCUT2D eigenvalue weighted by Crippen LogP contribution is 2.36. The third kappa shape index (κ3) is 5.00. The van der Waals surface area contributed by atoms with E-state index in [0.29, 0.717) is 23.4 Å². The third-order valence-electron chi connectivity index (χ3n) is 5.68. The van der Waals surface area contributed by atoms with Gasteiger partial charge in [0.1, 0.15) is 6.10 Å². The van der Waals surface area contributed by atoms with Gasteiger partial charge in [0, 0.05) is 23.7 Å². The van der Waals surface area contributed by atoms with Crippen LogP contribution >= 0.6 is 0 Å². The zero-order valence-electron chi connectivity index (χ0n) is 18.3. The number of pyridine rings is 1. The Kier molecular flexibility index (Phi) is 6.93. The van der Waals surface area contributed by atoms with Crippen molar-refractivity contribution in [2.75, 3.05) is 11.1 Å². The minimum Gasteiger partial charge on any atom is -0.390 e. The van der Waals surface area contributed by atoms with Crippen LogP contribution in [0.3, 0.4) is 0 Å². The number of aliphatic hydroxyl groups excluding tert-OH is 2. The molecule has 3 aromatic rings. The Hall–Kier alpha value is -3.40. The van der Waals surface area contributed by atoms with Crippen LogP contribution in [0.1, 0.15) is 48.3 Å². The molecule has 0 spiro atoms. The molecular formula is C24H27N5O4. The molecule has 9 heteroatoms. The molecule has 2 aromatic heterocycles. The van der Waals surface area contributed by atoms with Crippen molar-refractivity contribution in [1.82, 2.24) is 15.0 Å². The smallest absolute Gasteiger partial charge is 0.278 e. The summed E-state index contributed by atoms with van der Waals surface area (Å²) in [7, 11) is 0. The summed E-state index contributed by atoms with van der Waals surface area (Å²) in [5, 5.41) is 23.4. The monoisotopic (exact) mass is 449 g/mol. The molecule has 5 N–H and O–H groups in total. The lowest BCUT2D eigenvalue weighted by Crippen LogP contribution is -2.45. The lowest BCUT2D eigenvalue weighted by atomic mass is 9.92. The summed E-state index contributed by atoms with van der Waals surface area (Å²) in [4.78, 5) is 25.7. The second kappa shape index (κ2) is 10.0. The number of nitrogen functional groups attached to an aromatic ring is 1. The third-order valence-corrected chi connectivity index (χ3v) is 5.68. The number of aromatic nitrogens is 3. The summed E-state index contributed by atoms with van der Waals surface area (Å²) in [5.74, 6) is -0.526. The van der Waals surface area contributed by atoms with E-state index in [1.165, 1.54) is 12.4 Å². The van der Waals surface area contributed by atoms with Crippen LogP contribution in [0.25, 0.3) is 11.3 Å². The summed E-state index contributed by atoms with van der Waals surface area (Å²) in [6.45, 7) is 1.99. The maximum absolute atomic E-state index is 13.1. The minimum atomic E-state index is -0.947. The zero-order valence-corrected chi connectivity index (χ0v) is 18.3. The highest BCUT2D eigenvalue weighted by Gasteiger charge is 2.37. The van der Waals surface area contributed by atoms with Crippen molar-refractivity contribution in [3.63, 3.8) is 0 Å². The van der Waals surface area contributed by atoms with Gasteiger partial charge >= 0.3 is 0 Å². The summed E-state index contributed by atoms with van der Waals surface area (Å²) in [5.41, 5.74) is 8.35. The van der Waals surface area contributed by atoms with Gasteiger partial charge in [0.15, 0.2) is 11.5 Å². The lowest BCUT2D eigenvalue weighted by molar-refractivity contribution is -0.172. The van der Waals surface area contributed by atoms with Crippen LogP contribution in [0.5, 0.6) is 0 Å². The van der Waals surface area contributed by atoms with E-state index in [9.17, 15) is 15.0 Å². The molecule has 0 unspecified atom stereocenters. The fourth-order valence-electron chi connectivity index (χ4n) is 3.96. The number of hydrogen-bond acceptors (Lipinski definition) is 8. The molecule has 1 fully saturated rings. The zero-order chi connectivity index (χ0) is 23.4. The van der Waals surface area contributed by atoms with E-state index in [-0.39, 0.29) is 17.9 Å². The number of anilines is 2. The van der Waals surface area contributed by atoms with E-state index in [2.05, 4.69) is 20.3 Å². The molecule has 4 rings (SSSR count). The molecule has 0 saturated carbocycles. The van der Waals surface area contributed by atoms with Crippen LogP contribution in [0.2, 0.25) is 0 Å². The number of carbonyl (C=O) groups is 1. The van der Waals surface area contributed by atoms with Crippen molar-refractivity contribution in [3.05, 3.63) is 66.2 Å². The van der Waals surface area contributed by atoms with E-state index in [1.54, 1.807) is 12.3 Å². The van der Waals surface area contributed by atoms with Crippen LogP contribution in [0, 0.1) is 0 Å². The Balaban J connectivity index is 1.59. The number of nitrogens with two attached hydrogens (primary N) is 1. The van der Waals surface area contributed by atoms with Gasteiger partial charge < -0.3 is 26.0 Å². The first kappa shape index (κ1) is 22.8. The van der Waals surface area contributed by atoms with Crippen LogP contribution in [-0.4, -0.2) is 49.4 Å². The number of hydrogen-bond donors (Lipinski definition) is 4. The molecule has 1 saturated heterocycles. The predicted molar refractivity (Wildman–Crippen MR) is 123 cm³/mol. The second-order valence-corrected chi connectivity index (χ2v) is 8.02. The van der Waals surface area contributed by atoms with Crippen LogP contribution in [0.4, 0.5) is 11.5 Å². The topological polar surface area (TPSA) is 143 Å². The molecule has 0 bridgehead atoms. The number of amides is 1. The highest BCUT2D eigenvalue weighted by molar-refractivity contribution is 6.06. The van der Waals surface area contributed by atoms with Gasteiger partial charge in [-0.15, -0.1) is 0 Å². The molecule has 4 atom stereocenters. The average Bonchev–Trinajstić information content (AvgIpc) is 2.83. The molecule has 172 valence electrons. The van der Waals surface area contributed by atoms with Crippen molar-refractivity contribution >= 4 is 17.4 Å². The Labute approximate surface area is 191 Å². The summed E-state index contributed by atoms with van der Waals surface area (Å²) in [6, 6.07) is 11.1. The van der Waals surface area contributed by atoms with Gasteiger partial charge in [-0.05, 0) is 12.5 Å². The number of carbonyl (C=O) groups excluding carboxylic acids is 1. The van der Waals surface area contributed by atoms with Crippen molar-refractivity contribution in [2.24, 2.45) is 0 Å². The molecule has 1 aromatic carbocycles. The number of ether oxygens (including phenoxy) is 1. The Morgan fingerprint density at radius 2 is 2.00 bits per heavy atom. The number of nitrogens with one attached hydrogen (secondary N) is 1. The molecule has 3 heterocycles. The predicted octanol–water partition coefficient (Wildman–Crippen LogP) is 2.73. The molecule has 33 heavy (non-hydrogen) atoms. The SMILES string of the molecule is CCC[C@H]1O[C@@H](c2ccncc2NC(=O)c2nc(-c3ccccc3)cnc2N)C[C@@H](O)[C@@H]1O. The quantitative estimate of drug-likeness (QED) is 0.450. The normalized spacial score (nSPS) is 22.6. The summed E-state index contributed by atoms with van der Waals surface area (Å²) >= 11 is 0. The van der Waals surface area contributed by atoms with Crippen LogP contribution in [0.15, 0.2) is 55.0 Å². The summed E-state index contributed by atoms with van der Waals surface area (Å²) in [6.07, 6.45) is 3.34. The van der Waals surface area contributed by atoms with Gasteiger partial charge in [-0.3, -0.25) is 9.78 Å². The molecule has 1 aliphatic rings. The van der Waals surface area contributed by atoms with Gasteiger partial charge in [0.2, 0.25) is 0 Å². The first-order chi connectivity index (χ1) is 16.0. The molecular weight excluding hydrogens is 422 g/mol. The molecule has 9 nitrogen and oxygen atoms in total. The van der Waals surface area contributed by atoms with Gasteiger partial charge in [-0.2, -0.15) is 0 Å². The molecule has 1 aliphatic heterocycles. The number of aliphatic hydroxyl groups is 2. The fourth-order valence-corrected chi connectivity index (χ4v) is 3.96. The van der Waals surface area contributed by atoms with E-state index in [0.717, 1.165) is 12.0 Å². The average molecular weight is 450 g/mol. The fraction of sp³-hybridized carbons (Fsp3) is 0.333. The Bertz CT molecular complexity index is 1110. The highest BCUT2D eigenvalue weighted by atomic mass is 16.5. The van der Waals surface area contributed by atoms with Gasteiger partial charge in [-0.1, -0.05) is 43.7 Å². The van der Waals surface area contributed by atoms with Crippen LogP contribution in [-0.2, 0) is 4.74 Å². The lowest BCUT2D eigenvalue weighted by Gasteiger charge is -2.38. The number of rotatable bonds is 6. The van der Waals surface area contributed by atoms with E-state index in [4.69, 9.17) is 10.5 Å². The van der Waals surface area contributed by atoms with Crippen LogP contribution < -0.4 is 11.1 Å². The van der Waals surface area contributed by atoms with E-state index >= 15 is 0 Å². The van der Waals surface area contributed by atoms with E-state index < -0.39 is 30.3 Å². The van der Waals surface area contributed by atoms with Crippen molar-refractivity contribution < 1.29 is 19.7 Å². The van der Waals surface area contributed by atoms with Crippen molar-refractivity contribution in [2.45, 2.75) is 50.6 Å². The largest absolute Gasteiger partial charge is 0.390 e. The number of nitrogens with zero attached hydrogens (tertiary/aromatic N) is 3. The standard InChI is InChI=1S/C24H27N5O4/c1-2-6-19-22(31)18(30)11-20(33-19)15-9-10-26-12-17(15)29-24(32)21-23(25)27-13-16(28-21)14-7-4-3-5-8-14/h3-5,7-10,12-13,18-20,22,30-31H,2,6,11H2,1H3,(H2,25,27)(H,29,32)/t18-,19-,20-,22+/m1/s1. The summed E-state index contributed by atoms with van der Waals surface area (Å²) < 4.78 is 6.08. The van der Waals surface area contributed by atoms with Crippen molar-refractivity contribution in [1.29, 1.82) is 0 Å². The maximum atomic E-state index is 13.1. The second-order valence-electron chi connectivity index (χ2n) is 8.02. The molecule has 0 radical (unpaired) electrons. The van der Waals surface area contributed by atoms with Gasteiger partial charge in [0.25, 0.3) is 5.91 Å². The number of benzene rings is 1. The first-order valence-electron chi connectivity index (χ1n) is 10.9. The van der Waals surface area contributed by atoms with Gasteiger partial charge in [-0.25, -0.2) is 9.97 Å². The minimum absolute atomic E-state index is 0.00460. The van der Waals surface area contributed by atoms with Gasteiger partial charge in [0.05, 0.1) is 42.1 Å². The maximum Gasteiger partial charge on any atom is 0.278 e. The Morgan fingerprint density at radius 1 is 1.21 bits per heavy atom.